The maximum absolute atomic E-state index is 12.0. The Morgan fingerprint density at radius 1 is 0.886 bits per heavy atom. The van der Waals surface area contributed by atoms with Crippen LogP contribution >= 0.6 is 15.9 Å². The number of ketones is 1. The smallest absolute Gasteiger partial charge is 0.166 e. The van der Waals surface area contributed by atoms with Gasteiger partial charge in [0.05, 0.1) is 6.10 Å². The number of carbonyl (C=O) groups excluding carboxylic acids is 1. The van der Waals surface area contributed by atoms with E-state index in [1.807, 2.05) is 6.92 Å². The van der Waals surface area contributed by atoms with Crippen LogP contribution < -0.4 is 0 Å². The first kappa shape index (κ1) is 35.9. The number of fused-ring (bicyclic) bond motifs is 2. The van der Waals surface area contributed by atoms with Crippen LogP contribution in [0.4, 0.5) is 0 Å². The van der Waals surface area contributed by atoms with Crippen molar-refractivity contribution in [1.29, 1.82) is 0 Å². The SMILES string of the molecule is CC1=Cc2cc(C(C)C)c(C)c(-c3ccccc3)c2C1.CC1CCCO1.CO.Cc1c(C(C)C)cc2c(c1Br)CC(C)C2=O. The monoisotopic (exact) mass is 660 g/mol. The molecule has 1 N–H and O–H groups in total. The van der Waals surface area contributed by atoms with Crippen molar-refractivity contribution in [1.82, 2.24) is 0 Å². The predicted molar refractivity (Wildman–Crippen MR) is 191 cm³/mol. The molecule has 0 spiro atoms. The Morgan fingerprint density at radius 2 is 1.50 bits per heavy atom. The van der Waals surface area contributed by atoms with Gasteiger partial charge in [0.25, 0.3) is 0 Å². The number of rotatable bonds is 3. The lowest BCUT2D eigenvalue weighted by atomic mass is 9.85. The number of allylic oxidation sites excluding steroid dienone is 1. The van der Waals surface area contributed by atoms with Gasteiger partial charge >= 0.3 is 0 Å². The molecule has 0 radical (unpaired) electrons. The second kappa shape index (κ2) is 16.2. The van der Waals surface area contributed by atoms with Crippen LogP contribution in [-0.2, 0) is 17.6 Å². The van der Waals surface area contributed by atoms with Gasteiger partial charge in [-0.05, 0) is 121 Å². The van der Waals surface area contributed by atoms with Crippen molar-refractivity contribution in [2.75, 3.05) is 13.7 Å². The number of aliphatic hydroxyl groups excluding tert-OH is 1. The molecule has 1 saturated heterocycles. The van der Waals surface area contributed by atoms with Crippen molar-refractivity contribution in [3.63, 3.8) is 0 Å². The van der Waals surface area contributed by atoms with Gasteiger partial charge in [-0.25, -0.2) is 0 Å². The Bertz CT molecular complexity index is 1460. The first-order valence-electron chi connectivity index (χ1n) is 16.2. The van der Waals surface area contributed by atoms with E-state index in [1.54, 1.807) is 0 Å². The molecule has 2 atom stereocenters. The van der Waals surface area contributed by atoms with Crippen LogP contribution in [-0.4, -0.2) is 30.7 Å². The molecular weight excluding hydrogens is 608 g/mol. The van der Waals surface area contributed by atoms with E-state index in [-0.39, 0.29) is 5.92 Å². The van der Waals surface area contributed by atoms with Gasteiger partial charge in [0.1, 0.15) is 0 Å². The number of ether oxygens (including phenoxy) is 1. The van der Waals surface area contributed by atoms with E-state index in [2.05, 4.69) is 120 Å². The molecule has 3 aromatic carbocycles. The fourth-order valence-electron chi connectivity index (χ4n) is 6.63. The fraction of sp³-hybridized carbons (Fsp3) is 0.475. The Kier molecular flexibility index (Phi) is 13.2. The molecule has 1 fully saturated rings. The lowest BCUT2D eigenvalue weighted by Gasteiger charge is -2.19. The molecule has 0 saturated carbocycles. The first-order valence-corrected chi connectivity index (χ1v) is 17.0. The Hall–Kier alpha value is -2.53. The highest BCUT2D eigenvalue weighted by atomic mass is 79.9. The normalized spacial score (nSPS) is 18.0. The van der Waals surface area contributed by atoms with Crippen LogP contribution in [0, 0.1) is 19.8 Å². The third kappa shape index (κ3) is 8.19. The van der Waals surface area contributed by atoms with Crippen LogP contribution in [0.15, 0.2) is 52.5 Å². The zero-order valence-electron chi connectivity index (χ0n) is 28.6. The second-order valence-electron chi connectivity index (χ2n) is 13.1. The summed E-state index contributed by atoms with van der Waals surface area (Å²) >= 11 is 3.65. The van der Waals surface area contributed by atoms with Gasteiger partial charge in [-0.1, -0.05) is 98.6 Å². The van der Waals surface area contributed by atoms with E-state index in [9.17, 15) is 4.79 Å². The quantitative estimate of drug-likeness (QED) is 0.304. The Balaban J connectivity index is 0.000000196. The predicted octanol–water partition coefficient (Wildman–Crippen LogP) is 10.8. The highest BCUT2D eigenvalue weighted by Crippen LogP contribution is 2.40. The summed E-state index contributed by atoms with van der Waals surface area (Å²) in [5, 5.41) is 7.00. The molecule has 1 aliphatic heterocycles. The zero-order valence-corrected chi connectivity index (χ0v) is 30.2. The average Bonchev–Trinajstić information content (AvgIpc) is 3.71. The van der Waals surface area contributed by atoms with Gasteiger partial charge in [0.15, 0.2) is 5.78 Å². The second-order valence-corrected chi connectivity index (χ2v) is 13.9. The van der Waals surface area contributed by atoms with E-state index >= 15 is 0 Å². The van der Waals surface area contributed by atoms with Crippen LogP contribution in [0.3, 0.4) is 0 Å². The molecule has 6 rings (SSSR count). The topological polar surface area (TPSA) is 46.5 Å². The molecule has 2 unspecified atom stereocenters. The number of hydrogen-bond acceptors (Lipinski definition) is 3. The summed E-state index contributed by atoms with van der Waals surface area (Å²) < 4.78 is 6.30. The minimum Gasteiger partial charge on any atom is -0.400 e. The van der Waals surface area contributed by atoms with E-state index in [4.69, 9.17) is 9.84 Å². The number of Topliss-reactive ketones (excluding diaryl/α,β-unsaturated/α-hetero) is 1. The number of carbonyl (C=O) groups is 1. The summed E-state index contributed by atoms with van der Waals surface area (Å²) in [5.74, 6) is 1.48. The Labute approximate surface area is 275 Å². The van der Waals surface area contributed by atoms with Crippen molar-refractivity contribution < 1.29 is 14.6 Å². The largest absolute Gasteiger partial charge is 0.400 e. The van der Waals surface area contributed by atoms with E-state index < -0.39 is 0 Å². The molecule has 0 amide bonds. The Morgan fingerprint density at radius 3 is 2.02 bits per heavy atom. The van der Waals surface area contributed by atoms with Crippen molar-refractivity contribution in [2.45, 2.75) is 106 Å². The molecular formula is C40H53BrO3. The van der Waals surface area contributed by atoms with Gasteiger partial charge in [-0.3, -0.25) is 4.79 Å². The van der Waals surface area contributed by atoms with E-state index in [0.29, 0.717) is 23.7 Å². The highest BCUT2D eigenvalue weighted by Gasteiger charge is 2.30. The lowest BCUT2D eigenvalue weighted by Crippen LogP contribution is -2.04. The summed E-state index contributed by atoms with van der Waals surface area (Å²) in [7, 11) is 1.00. The number of hydrogen-bond donors (Lipinski definition) is 1. The molecule has 2 aliphatic carbocycles. The molecule has 3 nitrogen and oxygen atoms in total. The lowest BCUT2D eigenvalue weighted by molar-refractivity contribution is 0.0946. The molecule has 238 valence electrons. The van der Waals surface area contributed by atoms with E-state index in [1.165, 1.54) is 68.5 Å². The average molecular weight is 662 g/mol. The number of benzene rings is 3. The van der Waals surface area contributed by atoms with Gasteiger partial charge in [0.2, 0.25) is 0 Å². The molecule has 0 aromatic heterocycles. The van der Waals surface area contributed by atoms with Crippen LogP contribution in [0.2, 0.25) is 0 Å². The van der Waals surface area contributed by atoms with Crippen LogP contribution in [0.1, 0.15) is 122 Å². The molecule has 3 aliphatic rings. The van der Waals surface area contributed by atoms with Crippen molar-refractivity contribution in [3.05, 3.63) is 97.0 Å². The molecule has 1 heterocycles. The number of halogens is 1. The summed E-state index contributed by atoms with van der Waals surface area (Å²) in [4.78, 5) is 12.0. The van der Waals surface area contributed by atoms with Crippen molar-refractivity contribution in [3.8, 4) is 11.1 Å². The van der Waals surface area contributed by atoms with Crippen LogP contribution in [0.5, 0.6) is 0 Å². The van der Waals surface area contributed by atoms with Gasteiger partial charge < -0.3 is 9.84 Å². The maximum atomic E-state index is 12.0. The van der Waals surface area contributed by atoms with Gasteiger partial charge in [-0.2, -0.15) is 0 Å². The summed E-state index contributed by atoms with van der Waals surface area (Å²) in [5.41, 5.74) is 14.9. The zero-order chi connectivity index (χ0) is 32.7. The highest BCUT2D eigenvalue weighted by molar-refractivity contribution is 9.10. The standard InChI is InChI=1S/C20H22.C14H17BrO.C5H10O.CH4O/c1-13(2)18-12-17-10-14(3)11-19(17)20(15(18)4)16-8-6-5-7-9-16;1-7(2)10-6-12-11(13(15)9(10)4)5-8(3)14(12)16;1-5-3-2-4-6-5;1-2/h5-10,12-13H,11H2,1-4H3;6-8H,5H2,1-4H3;5H,2-4H2,1H3;2H,1H3. The van der Waals surface area contributed by atoms with Crippen LogP contribution in [0.25, 0.3) is 17.2 Å². The third-order valence-electron chi connectivity index (χ3n) is 8.97. The minimum atomic E-state index is 0.146. The summed E-state index contributed by atoms with van der Waals surface area (Å²) in [6.45, 7) is 20.7. The van der Waals surface area contributed by atoms with Crippen molar-refractivity contribution >= 4 is 27.8 Å². The molecule has 0 bridgehead atoms. The maximum Gasteiger partial charge on any atom is 0.166 e. The molecule has 3 aromatic rings. The fourth-order valence-corrected chi connectivity index (χ4v) is 7.24. The molecule has 44 heavy (non-hydrogen) atoms. The summed E-state index contributed by atoms with van der Waals surface area (Å²) in [6.07, 6.45) is 7.41. The summed E-state index contributed by atoms with van der Waals surface area (Å²) in [6, 6.07) is 15.3. The number of aliphatic hydroxyl groups is 1. The minimum absolute atomic E-state index is 0.146. The van der Waals surface area contributed by atoms with Gasteiger partial charge in [0, 0.05) is 29.7 Å². The third-order valence-corrected chi connectivity index (χ3v) is 10.0. The van der Waals surface area contributed by atoms with Crippen molar-refractivity contribution in [2.24, 2.45) is 5.92 Å². The van der Waals surface area contributed by atoms with E-state index in [0.717, 1.165) is 36.6 Å². The first-order chi connectivity index (χ1) is 20.9. The van der Waals surface area contributed by atoms with Gasteiger partial charge in [-0.15, -0.1) is 0 Å². The molecule has 4 heteroatoms.